The van der Waals surface area contributed by atoms with Crippen LogP contribution in [0.4, 0.5) is 0 Å². The lowest BCUT2D eigenvalue weighted by Gasteiger charge is -2.21. The van der Waals surface area contributed by atoms with Crippen LogP contribution in [0.5, 0.6) is 0 Å². The van der Waals surface area contributed by atoms with Crippen molar-refractivity contribution in [2.24, 2.45) is 0 Å². The zero-order valence-corrected chi connectivity index (χ0v) is 8.93. The number of carbonyl (C=O) groups excluding carboxylic acids is 1. The summed E-state index contributed by atoms with van der Waals surface area (Å²) in [7, 11) is 0. The van der Waals surface area contributed by atoms with Crippen molar-refractivity contribution in [3.05, 3.63) is 61.4 Å². The van der Waals surface area contributed by atoms with E-state index in [0.29, 0.717) is 0 Å². The molecule has 16 heavy (non-hydrogen) atoms. The molecule has 0 amide bonds. The molecule has 0 fully saturated rings. The topological polar surface area (TPSA) is 46.5 Å². The summed E-state index contributed by atoms with van der Waals surface area (Å²) < 4.78 is 4.57. The van der Waals surface area contributed by atoms with Crippen LogP contribution in [0.1, 0.15) is 5.56 Å². The van der Waals surface area contributed by atoms with Gasteiger partial charge in [-0.3, -0.25) is 0 Å². The maximum absolute atomic E-state index is 11.5. The van der Waals surface area contributed by atoms with E-state index < -0.39 is 11.6 Å². The molecule has 1 aromatic carbocycles. The normalized spacial score (nSPS) is 13.6. The van der Waals surface area contributed by atoms with Gasteiger partial charge in [0, 0.05) is 6.42 Å². The van der Waals surface area contributed by atoms with Gasteiger partial charge in [-0.05, 0) is 11.6 Å². The first-order valence-electron chi connectivity index (χ1n) is 4.84. The molecule has 1 aromatic rings. The summed E-state index contributed by atoms with van der Waals surface area (Å²) in [6.07, 6.45) is 2.29. The molecule has 0 saturated carbocycles. The number of hydrogen-bond acceptors (Lipinski definition) is 3. The van der Waals surface area contributed by atoms with Gasteiger partial charge in [-0.25, -0.2) is 4.79 Å². The van der Waals surface area contributed by atoms with Crippen LogP contribution in [0.2, 0.25) is 0 Å². The van der Waals surface area contributed by atoms with Crippen molar-refractivity contribution in [2.45, 2.75) is 12.0 Å². The van der Waals surface area contributed by atoms with Crippen LogP contribution in [0.3, 0.4) is 0 Å². The Bertz CT molecular complexity index is 383. The number of esters is 1. The minimum absolute atomic E-state index is 0.129. The molecule has 0 saturated heterocycles. The van der Waals surface area contributed by atoms with Gasteiger partial charge in [0.15, 0.2) is 5.60 Å². The van der Waals surface area contributed by atoms with E-state index >= 15 is 0 Å². The lowest BCUT2D eigenvalue weighted by Crippen LogP contribution is -2.39. The van der Waals surface area contributed by atoms with Crippen LogP contribution < -0.4 is 0 Å². The van der Waals surface area contributed by atoms with Gasteiger partial charge < -0.3 is 9.84 Å². The molecule has 3 heteroatoms. The zero-order chi connectivity index (χ0) is 12.0. The van der Waals surface area contributed by atoms with Crippen LogP contribution in [0.25, 0.3) is 0 Å². The third-order valence-corrected chi connectivity index (χ3v) is 2.20. The van der Waals surface area contributed by atoms with Crippen LogP contribution in [-0.4, -0.2) is 16.7 Å². The molecular formula is C13H14O3. The van der Waals surface area contributed by atoms with E-state index in [2.05, 4.69) is 17.9 Å². The summed E-state index contributed by atoms with van der Waals surface area (Å²) in [5.74, 6) is -0.777. The van der Waals surface area contributed by atoms with E-state index in [0.717, 1.165) is 11.8 Å². The Kier molecular flexibility index (Phi) is 4.03. The van der Waals surface area contributed by atoms with E-state index in [1.54, 1.807) is 0 Å². The molecule has 1 atom stereocenters. The quantitative estimate of drug-likeness (QED) is 0.466. The summed E-state index contributed by atoms with van der Waals surface area (Å²) in [6.45, 7) is 6.71. The number of aliphatic hydroxyl groups is 1. The Morgan fingerprint density at radius 1 is 1.38 bits per heavy atom. The van der Waals surface area contributed by atoms with E-state index in [1.165, 1.54) is 6.08 Å². The highest BCUT2D eigenvalue weighted by Gasteiger charge is 2.34. The van der Waals surface area contributed by atoms with Gasteiger partial charge in [0.25, 0.3) is 0 Å². The number of rotatable bonds is 5. The SMILES string of the molecule is C=COC(=O)C(O)(C=C)Cc1ccccc1. The third kappa shape index (κ3) is 2.81. The fraction of sp³-hybridized carbons (Fsp3) is 0.154. The second-order valence-corrected chi connectivity index (χ2v) is 3.36. The van der Waals surface area contributed by atoms with E-state index in [1.807, 2.05) is 30.3 Å². The molecule has 0 radical (unpaired) electrons. The predicted molar refractivity (Wildman–Crippen MR) is 61.6 cm³/mol. The molecule has 1 rings (SSSR count). The maximum Gasteiger partial charge on any atom is 0.347 e. The molecule has 0 aromatic heterocycles. The number of hydrogen-bond donors (Lipinski definition) is 1. The van der Waals surface area contributed by atoms with Crippen LogP contribution in [0.15, 0.2) is 55.8 Å². The number of benzene rings is 1. The number of carbonyl (C=O) groups is 1. The third-order valence-electron chi connectivity index (χ3n) is 2.20. The first-order chi connectivity index (χ1) is 7.62. The fourth-order valence-corrected chi connectivity index (χ4v) is 1.31. The van der Waals surface area contributed by atoms with Crippen molar-refractivity contribution in [1.82, 2.24) is 0 Å². The van der Waals surface area contributed by atoms with Crippen molar-refractivity contribution in [1.29, 1.82) is 0 Å². The van der Waals surface area contributed by atoms with E-state index in [4.69, 9.17) is 0 Å². The average molecular weight is 218 g/mol. The molecule has 0 aliphatic rings. The summed E-state index contributed by atoms with van der Waals surface area (Å²) >= 11 is 0. The first kappa shape index (κ1) is 12.2. The predicted octanol–water partition coefficient (Wildman–Crippen LogP) is 1.83. The minimum Gasteiger partial charge on any atom is -0.433 e. The molecule has 0 spiro atoms. The molecule has 0 aliphatic heterocycles. The molecule has 3 nitrogen and oxygen atoms in total. The van der Waals surface area contributed by atoms with Crippen molar-refractivity contribution in [3.8, 4) is 0 Å². The minimum atomic E-state index is -1.71. The largest absolute Gasteiger partial charge is 0.433 e. The summed E-state index contributed by atoms with van der Waals surface area (Å²) in [5.41, 5.74) is -0.888. The Morgan fingerprint density at radius 3 is 2.50 bits per heavy atom. The average Bonchev–Trinajstić information content (AvgIpc) is 2.30. The molecule has 84 valence electrons. The van der Waals surface area contributed by atoms with Gasteiger partial charge in [-0.2, -0.15) is 0 Å². The Labute approximate surface area is 94.7 Å². The van der Waals surface area contributed by atoms with Crippen LogP contribution in [0, 0.1) is 0 Å². The monoisotopic (exact) mass is 218 g/mol. The second-order valence-electron chi connectivity index (χ2n) is 3.36. The maximum atomic E-state index is 11.5. The molecule has 0 bridgehead atoms. The summed E-state index contributed by atoms with van der Waals surface area (Å²) in [5, 5.41) is 10.0. The van der Waals surface area contributed by atoms with Crippen molar-refractivity contribution in [3.63, 3.8) is 0 Å². The second kappa shape index (κ2) is 5.28. The highest BCUT2D eigenvalue weighted by atomic mass is 16.5. The molecule has 0 aliphatic carbocycles. The van der Waals surface area contributed by atoms with Gasteiger partial charge >= 0.3 is 5.97 Å². The summed E-state index contributed by atoms with van der Waals surface area (Å²) in [6, 6.07) is 9.15. The van der Waals surface area contributed by atoms with E-state index in [9.17, 15) is 9.90 Å². The number of ether oxygens (including phenoxy) is 1. The lowest BCUT2D eigenvalue weighted by molar-refractivity contribution is -0.154. The van der Waals surface area contributed by atoms with Crippen molar-refractivity contribution in [2.75, 3.05) is 0 Å². The van der Waals surface area contributed by atoms with Gasteiger partial charge in [0.05, 0.1) is 6.26 Å². The van der Waals surface area contributed by atoms with E-state index in [-0.39, 0.29) is 6.42 Å². The highest BCUT2D eigenvalue weighted by molar-refractivity contribution is 5.82. The Morgan fingerprint density at radius 2 is 2.00 bits per heavy atom. The van der Waals surface area contributed by atoms with Crippen LogP contribution >= 0.6 is 0 Å². The summed E-state index contributed by atoms with van der Waals surface area (Å²) in [4.78, 5) is 11.5. The van der Waals surface area contributed by atoms with Gasteiger partial charge in [-0.1, -0.05) is 43.5 Å². The lowest BCUT2D eigenvalue weighted by atomic mass is 9.95. The molecule has 0 heterocycles. The van der Waals surface area contributed by atoms with Crippen LogP contribution in [-0.2, 0) is 16.0 Å². The van der Waals surface area contributed by atoms with Gasteiger partial charge in [0.1, 0.15) is 0 Å². The molecular weight excluding hydrogens is 204 g/mol. The fourth-order valence-electron chi connectivity index (χ4n) is 1.31. The Balaban J connectivity index is 2.85. The van der Waals surface area contributed by atoms with Gasteiger partial charge in [-0.15, -0.1) is 0 Å². The highest BCUT2D eigenvalue weighted by Crippen LogP contribution is 2.16. The zero-order valence-electron chi connectivity index (χ0n) is 8.93. The van der Waals surface area contributed by atoms with Gasteiger partial charge in [0.2, 0.25) is 0 Å². The molecule has 1 unspecified atom stereocenters. The van der Waals surface area contributed by atoms with Crippen molar-refractivity contribution < 1.29 is 14.6 Å². The standard InChI is InChI=1S/C13H14O3/c1-3-13(15,12(14)16-4-2)10-11-8-6-5-7-9-11/h3-9,15H,1-2,10H2. The Hall–Kier alpha value is -1.87. The molecule has 1 N–H and O–H groups in total. The smallest absolute Gasteiger partial charge is 0.347 e. The first-order valence-corrected chi connectivity index (χ1v) is 4.84. The van der Waals surface area contributed by atoms with Crippen molar-refractivity contribution >= 4 is 5.97 Å².